The molecule has 4 rings (SSSR count). The number of para-hydroxylation sites is 1. The Bertz CT molecular complexity index is 1210. The quantitative estimate of drug-likeness (QED) is 0.417. The van der Waals surface area contributed by atoms with Crippen molar-refractivity contribution in [3.63, 3.8) is 0 Å². The summed E-state index contributed by atoms with van der Waals surface area (Å²) in [6, 6.07) is 27.9. The van der Waals surface area contributed by atoms with Crippen molar-refractivity contribution in [2.75, 3.05) is 26.7 Å². The molecule has 0 saturated heterocycles. The largest absolute Gasteiger partial charge is 0.494 e. The summed E-state index contributed by atoms with van der Waals surface area (Å²) in [5.74, 6) is 0.746. The smallest absolute Gasteiger partial charge is 0.252 e. The van der Waals surface area contributed by atoms with Gasteiger partial charge in [-0.05, 0) is 43.3 Å². The molecule has 0 bridgehead atoms. The highest BCUT2D eigenvalue weighted by atomic mass is 16.5. The molecular formula is C28H30N3O2+. The number of hydrogen-bond donors (Lipinski definition) is 2. The third-order valence-corrected chi connectivity index (χ3v) is 5.61. The van der Waals surface area contributed by atoms with E-state index in [1.54, 1.807) is 0 Å². The van der Waals surface area contributed by atoms with E-state index in [0.29, 0.717) is 18.7 Å². The fourth-order valence-electron chi connectivity index (χ4n) is 3.92. The van der Waals surface area contributed by atoms with Crippen molar-refractivity contribution in [3.8, 4) is 17.0 Å². The maximum absolute atomic E-state index is 13.2. The number of nitrogens with one attached hydrogen (secondary N) is 2. The topological polar surface area (TPSA) is 55.7 Å². The lowest BCUT2D eigenvalue weighted by atomic mass is 10.0. The highest BCUT2D eigenvalue weighted by Gasteiger charge is 2.14. The highest BCUT2D eigenvalue weighted by molar-refractivity contribution is 6.07. The summed E-state index contributed by atoms with van der Waals surface area (Å²) in [6.07, 6.45) is 0. The SMILES string of the molecule is CCOc1ccc(-c2cc(C(=O)NCC[NH+](C)Cc3ccccc3)c3ccccc3n2)cc1. The summed E-state index contributed by atoms with van der Waals surface area (Å²) in [5, 5.41) is 3.96. The van der Waals surface area contributed by atoms with Crippen LogP contribution in [0.5, 0.6) is 5.75 Å². The molecule has 5 heteroatoms. The molecular weight excluding hydrogens is 410 g/mol. The van der Waals surface area contributed by atoms with Crippen molar-refractivity contribution in [2.24, 2.45) is 0 Å². The standard InChI is InChI=1S/C28H29N3O2/c1-3-33-23-15-13-22(14-16-23)27-19-25(24-11-7-8-12-26(24)30-27)28(32)29-17-18-31(2)20-21-9-5-4-6-10-21/h4-16,19H,3,17-18,20H2,1-2H3,(H,29,32)/p+1. The Kier molecular flexibility index (Phi) is 7.33. The van der Waals surface area contributed by atoms with Crippen LogP contribution in [0.15, 0.2) is 84.9 Å². The number of hydrogen-bond acceptors (Lipinski definition) is 3. The summed E-state index contributed by atoms with van der Waals surface area (Å²) in [6.45, 7) is 4.96. The van der Waals surface area contributed by atoms with Gasteiger partial charge >= 0.3 is 0 Å². The molecule has 33 heavy (non-hydrogen) atoms. The van der Waals surface area contributed by atoms with Crippen LogP contribution in [-0.4, -0.2) is 37.6 Å². The van der Waals surface area contributed by atoms with Gasteiger partial charge in [-0.25, -0.2) is 4.98 Å². The molecule has 0 spiro atoms. The van der Waals surface area contributed by atoms with Crippen LogP contribution in [0.2, 0.25) is 0 Å². The van der Waals surface area contributed by atoms with Crippen molar-refractivity contribution in [3.05, 3.63) is 96.1 Å². The molecule has 0 saturated carbocycles. The van der Waals surface area contributed by atoms with Gasteiger partial charge in [0, 0.05) is 16.5 Å². The molecule has 0 fully saturated rings. The van der Waals surface area contributed by atoms with E-state index in [2.05, 4.69) is 36.6 Å². The molecule has 0 aliphatic heterocycles. The van der Waals surface area contributed by atoms with Gasteiger partial charge in [0.15, 0.2) is 0 Å². The molecule has 1 amide bonds. The third-order valence-electron chi connectivity index (χ3n) is 5.61. The van der Waals surface area contributed by atoms with Gasteiger partial charge in [-0.1, -0.05) is 48.5 Å². The molecule has 0 radical (unpaired) electrons. The lowest BCUT2D eigenvalue weighted by Crippen LogP contribution is -3.08. The number of rotatable bonds is 9. The average Bonchev–Trinajstić information content (AvgIpc) is 2.84. The third kappa shape index (κ3) is 5.76. The average molecular weight is 441 g/mol. The molecule has 1 unspecified atom stereocenters. The second-order valence-electron chi connectivity index (χ2n) is 8.15. The second kappa shape index (κ2) is 10.7. The van der Waals surface area contributed by atoms with E-state index in [-0.39, 0.29) is 5.91 Å². The number of likely N-dealkylation sites (N-methyl/N-ethyl adjacent to an activating group) is 1. The molecule has 2 N–H and O–H groups in total. The number of fused-ring (bicyclic) bond motifs is 1. The van der Waals surface area contributed by atoms with Crippen LogP contribution in [0.1, 0.15) is 22.8 Å². The van der Waals surface area contributed by atoms with Crippen LogP contribution in [0, 0.1) is 0 Å². The van der Waals surface area contributed by atoms with Crippen molar-refractivity contribution in [1.82, 2.24) is 10.3 Å². The summed E-state index contributed by atoms with van der Waals surface area (Å²) < 4.78 is 5.54. The first-order chi connectivity index (χ1) is 16.1. The van der Waals surface area contributed by atoms with Gasteiger partial charge in [0.1, 0.15) is 12.3 Å². The zero-order chi connectivity index (χ0) is 23.0. The van der Waals surface area contributed by atoms with Crippen LogP contribution >= 0.6 is 0 Å². The fraction of sp³-hybridized carbons (Fsp3) is 0.214. The predicted molar refractivity (Wildman–Crippen MR) is 133 cm³/mol. The monoisotopic (exact) mass is 440 g/mol. The molecule has 5 nitrogen and oxygen atoms in total. The van der Waals surface area contributed by atoms with Crippen LogP contribution in [0.4, 0.5) is 0 Å². The van der Waals surface area contributed by atoms with Crippen molar-refractivity contribution >= 4 is 16.8 Å². The molecule has 0 aliphatic carbocycles. The molecule has 3 aromatic carbocycles. The summed E-state index contributed by atoms with van der Waals surface area (Å²) >= 11 is 0. The first-order valence-electron chi connectivity index (χ1n) is 11.4. The fourth-order valence-corrected chi connectivity index (χ4v) is 3.92. The van der Waals surface area contributed by atoms with Gasteiger partial charge < -0.3 is 15.0 Å². The summed E-state index contributed by atoms with van der Waals surface area (Å²) in [5.41, 5.74) is 4.46. The first-order valence-corrected chi connectivity index (χ1v) is 11.4. The first kappa shape index (κ1) is 22.5. The number of ether oxygens (including phenoxy) is 1. The number of pyridine rings is 1. The van der Waals surface area contributed by atoms with Crippen molar-refractivity contribution in [1.29, 1.82) is 0 Å². The Morgan fingerprint density at radius 2 is 1.70 bits per heavy atom. The van der Waals surface area contributed by atoms with E-state index in [9.17, 15) is 4.79 Å². The number of carbonyl (C=O) groups excluding carboxylic acids is 1. The number of quaternary nitrogens is 1. The zero-order valence-electron chi connectivity index (χ0n) is 19.2. The highest BCUT2D eigenvalue weighted by Crippen LogP contribution is 2.26. The molecule has 168 valence electrons. The molecule has 1 atom stereocenters. The Morgan fingerprint density at radius 1 is 0.970 bits per heavy atom. The van der Waals surface area contributed by atoms with Crippen LogP contribution < -0.4 is 15.0 Å². The molecule has 1 heterocycles. The van der Waals surface area contributed by atoms with E-state index in [0.717, 1.165) is 41.0 Å². The van der Waals surface area contributed by atoms with Crippen LogP contribution in [-0.2, 0) is 6.54 Å². The van der Waals surface area contributed by atoms with E-state index in [1.165, 1.54) is 10.5 Å². The number of amides is 1. The Morgan fingerprint density at radius 3 is 2.45 bits per heavy atom. The van der Waals surface area contributed by atoms with E-state index in [1.807, 2.05) is 67.6 Å². The van der Waals surface area contributed by atoms with Gasteiger partial charge in [-0.3, -0.25) is 4.79 Å². The number of aromatic nitrogens is 1. The van der Waals surface area contributed by atoms with Gasteiger partial charge in [0.25, 0.3) is 5.91 Å². The second-order valence-corrected chi connectivity index (χ2v) is 8.15. The van der Waals surface area contributed by atoms with Gasteiger partial charge in [-0.15, -0.1) is 0 Å². The van der Waals surface area contributed by atoms with E-state index in [4.69, 9.17) is 9.72 Å². The minimum Gasteiger partial charge on any atom is -0.494 e. The minimum atomic E-state index is -0.0757. The Labute approximate surface area is 195 Å². The Balaban J connectivity index is 1.49. The summed E-state index contributed by atoms with van der Waals surface area (Å²) in [7, 11) is 2.14. The zero-order valence-corrected chi connectivity index (χ0v) is 19.2. The maximum atomic E-state index is 13.2. The van der Waals surface area contributed by atoms with Gasteiger partial charge in [0.2, 0.25) is 0 Å². The lowest BCUT2D eigenvalue weighted by Gasteiger charge is -2.15. The molecule has 1 aromatic heterocycles. The predicted octanol–water partition coefficient (Wildman–Crippen LogP) is 3.75. The van der Waals surface area contributed by atoms with E-state index < -0.39 is 0 Å². The molecule has 0 aliphatic rings. The minimum absolute atomic E-state index is 0.0757. The van der Waals surface area contributed by atoms with Crippen LogP contribution in [0.3, 0.4) is 0 Å². The van der Waals surface area contributed by atoms with E-state index >= 15 is 0 Å². The Hall–Kier alpha value is -3.70. The maximum Gasteiger partial charge on any atom is 0.252 e. The summed E-state index contributed by atoms with van der Waals surface area (Å²) in [4.78, 5) is 19.3. The number of benzene rings is 3. The van der Waals surface area contributed by atoms with Gasteiger partial charge in [0.05, 0.1) is 43.5 Å². The lowest BCUT2D eigenvalue weighted by molar-refractivity contribution is -0.892. The molecule has 4 aromatic rings. The normalized spacial score (nSPS) is 11.8. The van der Waals surface area contributed by atoms with Gasteiger partial charge in [-0.2, -0.15) is 0 Å². The van der Waals surface area contributed by atoms with Crippen molar-refractivity contribution in [2.45, 2.75) is 13.5 Å². The van der Waals surface area contributed by atoms with Crippen molar-refractivity contribution < 1.29 is 14.4 Å². The number of carbonyl (C=O) groups is 1. The number of nitrogens with zero attached hydrogens (tertiary/aromatic N) is 1. The van der Waals surface area contributed by atoms with Crippen LogP contribution in [0.25, 0.3) is 22.2 Å².